The van der Waals surface area contributed by atoms with Gasteiger partial charge >= 0.3 is 5.97 Å². The van der Waals surface area contributed by atoms with Crippen molar-refractivity contribution in [2.45, 2.75) is 26.8 Å². The number of pyridine rings is 1. The van der Waals surface area contributed by atoms with Crippen LogP contribution < -0.4 is 5.32 Å². The number of hydrogen-bond donors (Lipinski definition) is 2. The van der Waals surface area contributed by atoms with E-state index in [1.807, 2.05) is 24.6 Å². The lowest BCUT2D eigenvalue weighted by Crippen LogP contribution is -2.25. The summed E-state index contributed by atoms with van der Waals surface area (Å²) in [7, 11) is 0. The smallest absolute Gasteiger partial charge is 0.354 e. The van der Waals surface area contributed by atoms with Crippen molar-refractivity contribution in [3.05, 3.63) is 47.0 Å². The molecule has 2 aromatic heterocycles. The number of rotatable bonds is 6. The molecule has 7 nitrogen and oxygen atoms in total. The van der Waals surface area contributed by atoms with Crippen LogP contribution in [0.5, 0.6) is 0 Å². The third-order valence-electron chi connectivity index (χ3n) is 3.18. The first-order chi connectivity index (χ1) is 10.5. The molecule has 0 aromatic carbocycles. The molecular formula is C15H18N4O3. The second-order valence-corrected chi connectivity index (χ2v) is 5.00. The molecule has 0 saturated heterocycles. The van der Waals surface area contributed by atoms with Crippen molar-refractivity contribution in [1.82, 2.24) is 20.1 Å². The van der Waals surface area contributed by atoms with E-state index in [0.29, 0.717) is 12.1 Å². The average Bonchev–Trinajstić information content (AvgIpc) is 2.81. The number of carbonyl (C=O) groups is 2. The van der Waals surface area contributed by atoms with Gasteiger partial charge in [-0.1, -0.05) is 0 Å². The monoisotopic (exact) mass is 302 g/mol. The van der Waals surface area contributed by atoms with Crippen LogP contribution in [0.3, 0.4) is 0 Å². The molecule has 0 unspecified atom stereocenters. The zero-order valence-electron chi connectivity index (χ0n) is 12.5. The maximum absolute atomic E-state index is 11.9. The first-order valence-electron chi connectivity index (χ1n) is 6.96. The molecule has 0 saturated carbocycles. The minimum Gasteiger partial charge on any atom is -0.477 e. The fourth-order valence-electron chi connectivity index (χ4n) is 2.09. The van der Waals surface area contributed by atoms with E-state index in [9.17, 15) is 9.59 Å². The lowest BCUT2D eigenvalue weighted by atomic mass is 10.2. The number of nitrogens with one attached hydrogen (secondary N) is 1. The minimum atomic E-state index is -1.11. The molecule has 0 aliphatic heterocycles. The summed E-state index contributed by atoms with van der Waals surface area (Å²) >= 11 is 0. The molecule has 22 heavy (non-hydrogen) atoms. The molecule has 0 aliphatic rings. The second kappa shape index (κ2) is 6.84. The normalized spacial score (nSPS) is 10.5. The van der Waals surface area contributed by atoms with Gasteiger partial charge in [0, 0.05) is 25.0 Å². The number of aromatic carboxylic acids is 1. The fourth-order valence-corrected chi connectivity index (χ4v) is 2.09. The Morgan fingerprint density at radius 1 is 1.32 bits per heavy atom. The minimum absolute atomic E-state index is 0.0823. The molecule has 2 rings (SSSR count). The number of aryl methyl sites for hydroxylation is 3. The van der Waals surface area contributed by atoms with Crippen molar-refractivity contribution in [3.8, 4) is 0 Å². The van der Waals surface area contributed by atoms with Gasteiger partial charge in [0.15, 0.2) is 0 Å². The van der Waals surface area contributed by atoms with E-state index in [2.05, 4.69) is 15.4 Å². The van der Waals surface area contributed by atoms with Gasteiger partial charge in [0.2, 0.25) is 0 Å². The lowest BCUT2D eigenvalue weighted by molar-refractivity contribution is 0.0689. The summed E-state index contributed by atoms with van der Waals surface area (Å²) < 4.78 is 1.91. The molecule has 0 radical (unpaired) electrons. The van der Waals surface area contributed by atoms with Gasteiger partial charge in [-0.15, -0.1) is 0 Å². The zero-order valence-corrected chi connectivity index (χ0v) is 12.5. The number of hydrogen-bond acceptors (Lipinski definition) is 4. The van der Waals surface area contributed by atoms with E-state index in [0.717, 1.165) is 24.4 Å². The van der Waals surface area contributed by atoms with E-state index in [-0.39, 0.29) is 11.6 Å². The highest BCUT2D eigenvalue weighted by molar-refractivity contribution is 5.94. The summed E-state index contributed by atoms with van der Waals surface area (Å²) in [5.41, 5.74) is 2.33. The van der Waals surface area contributed by atoms with Crippen LogP contribution in [0.4, 0.5) is 0 Å². The van der Waals surface area contributed by atoms with E-state index in [1.165, 1.54) is 18.3 Å². The molecule has 2 N–H and O–H groups in total. The number of aromatic nitrogens is 3. The van der Waals surface area contributed by atoms with E-state index in [4.69, 9.17) is 5.11 Å². The van der Waals surface area contributed by atoms with E-state index >= 15 is 0 Å². The molecule has 0 bridgehead atoms. The summed E-state index contributed by atoms with van der Waals surface area (Å²) in [4.78, 5) is 26.3. The number of nitrogens with zero attached hydrogens (tertiary/aromatic N) is 3. The summed E-state index contributed by atoms with van der Waals surface area (Å²) in [5.74, 6) is -1.38. The summed E-state index contributed by atoms with van der Waals surface area (Å²) in [6.45, 7) is 5.18. The summed E-state index contributed by atoms with van der Waals surface area (Å²) in [5, 5.41) is 15.9. The second-order valence-electron chi connectivity index (χ2n) is 5.00. The van der Waals surface area contributed by atoms with E-state index in [1.54, 1.807) is 0 Å². The van der Waals surface area contributed by atoms with Crippen molar-refractivity contribution < 1.29 is 14.7 Å². The number of carboxylic acid groups (broad SMARTS) is 1. The highest BCUT2D eigenvalue weighted by atomic mass is 16.4. The Labute approximate surface area is 128 Å². The highest BCUT2D eigenvalue weighted by Gasteiger charge is 2.08. The SMILES string of the molecule is Cc1cc(C)n(CCCNC(=O)c2ccc(C(=O)O)nc2)n1. The van der Waals surface area contributed by atoms with E-state index < -0.39 is 5.97 Å². The predicted molar refractivity (Wildman–Crippen MR) is 79.8 cm³/mol. The molecule has 0 fully saturated rings. The van der Waals surface area contributed by atoms with Crippen LogP contribution >= 0.6 is 0 Å². The Bertz CT molecular complexity index is 677. The first kappa shape index (κ1) is 15.7. The van der Waals surface area contributed by atoms with Crippen LogP contribution in [0.15, 0.2) is 24.4 Å². The van der Waals surface area contributed by atoms with Crippen molar-refractivity contribution in [1.29, 1.82) is 0 Å². The van der Waals surface area contributed by atoms with Gasteiger partial charge in [-0.05, 0) is 38.5 Å². The Morgan fingerprint density at radius 2 is 2.09 bits per heavy atom. The Hall–Kier alpha value is -2.70. The molecule has 7 heteroatoms. The number of amides is 1. The summed E-state index contributed by atoms with van der Waals surface area (Å²) in [6.07, 6.45) is 2.02. The van der Waals surface area contributed by atoms with Crippen LogP contribution in [0, 0.1) is 13.8 Å². The van der Waals surface area contributed by atoms with Crippen molar-refractivity contribution in [2.24, 2.45) is 0 Å². The van der Waals surface area contributed by atoms with Crippen molar-refractivity contribution >= 4 is 11.9 Å². The Balaban J connectivity index is 1.80. The number of carboxylic acids is 1. The van der Waals surface area contributed by atoms with Gasteiger partial charge < -0.3 is 10.4 Å². The zero-order chi connectivity index (χ0) is 16.1. The maximum Gasteiger partial charge on any atom is 0.354 e. The summed E-state index contributed by atoms with van der Waals surface area (Å²) in [6, 6.07) is 4.77. The highest BCUT2D eigenvalue weighted by Crippen LogP contribution is 2.03. The fraction of sp³-hybridized carbons (Fsp3) is 0.333. The van der Waals surface area contributed by atoms with Gasteiger partial charge in [0.1, 0.15) is 5.69 Å². The molecule has 116 valence electrons. The van der Waals surface area contributed by atoms with Gasteiger partial charge in [0.05, 0.1) is 11.3 Å². The molecular weight excluding hydrogens is 284 g/mol. The molecule has 0 spiro atoms. The number of carbonyl (C=O) groups excluding carboxylic acids is 1. The van der Waals surface area contributed by atoms with Gasteiger partial charge in [-0.2, -0.15) is 5.10 Å². The average molecular weight is 302 g/mol. The standard InChI is InChI=1S/C15H18N4O3/c1-10-8-11(2)19(18-10)7-3-6-16-14(20)12-4-5-13(15(21)22)17-9-12/h4-5,8-9H,3,6-7H2,1-2H3,(H,16,20)(H,21,22). The maximum atomic E-state index is 11.9. The lowest BCUT2D eigenvalue weighted by Gasteiger charge is -2.06. The molecule has 0 atom stereocenters. The van der Waals surface area contributed by atoms with Crippen LogP contribution in [0.25, 0.3) is 0 Å². The van der Waals surface area contributed by atoms with Crippen LogP contribution in [0.2, 0.25) is 0 Å². The molecule has 0 aliphatic carbocycles. The van der Waals surface area contributed by atoms with Crippen LogP contribution in [0.1, 0.15) is 38.7 Å². The molecule has 2 heterocycles. The Kier molecular flexibility index (Phi) is 4.88. The first-order valence-corrected chi connectivity index (χ1v) is 6.96. The van der Waals surface area contributed by atoms with Crippen LogP contribution in [-0.4, -0.2) is 38.3 Å². The van der Waals surface area contributed by atoms with Gasteiger partial charge in [-0.25, -0.2) is 9.78 Å². The Morgan fingerprint density at radius 3 is 2.64 bits per heavy atom. The quantitative estimate of drug-likeness (QED) is 0.786. The van der Waals surface area contributed by atoms with Gasteiger partial charge in [0.25, 0.3) is 5.91 Å². The predicted octanol–water partition coefficient (Wildman–Crippen LogP) is 1.41. The topological polar surface area (TPSA) is 97.1 Å². The van der Waals surface area contributed by atoms with Gasteiger partial charge in [-0.3, -0.25) is 9.48 Å². The third kappa shape index (κ3) is 3.91. The van der Waals surface area contributed by atoms with Crippen LogP contribution in [-0.2, 0) is 6.54 Å². The largest absolute Gasteiger partial charge is 0.477 e. The molecule has 2 aromatic rings. The van der Waals surface area contributed by atoms with Crippen molar-refractivity contribution in [3.63, 3.8) is 0 Å². The van der Waals surface area contributed by atoms with Crippen molar-refractivity contribution in [2.75, 3.05) is 6.54 Å². The molecule has 1 amide bonds. The third-order valence-corrected chi connectivity index (χ3v) is 3.18.